The van der Waals surface area contributed by atoms with Gasteiger partial charge < -0.3 is 15.7 Å². The molecule has 1 aromatic rings. The minimum Gasteiger partial charge on any atom is -0.391 e. The van der Waals surface area contributed by atoms with Gasteiger partial charge in [0.15, 0.2) is 5.16 Å². The van der Waals surface area contributed by atoms with E-state index in [1.54, 1.807) is 6.92 Å². The molecule has 6 heteroatoms. The van der Waals surface area contributed by atoms with Crippen molar-refractivity contribution in [2.75, 3.05) is 23.9 Å². The number of nitrogens with one attached hydrogen (secondary N) is 2. The summed E-state index contributed by atoms with van der Waals surface area (Å²) in [6.07, 6.45) is 1.45. The van der Waals surface area contributed by atoms with Crippen molar-refractivity contribution in [3.63, 3.8) is 0 Å². The molecule has 5 nitrogen and oxygen atoms in total. The van der Waals surface area contributed by atoms with Gasteiger partial charge in [-0.25, -0.2) is 9.97 Å². The number of hydrogen-bond acceptors (Lipinski definition) is 6. The number of anilines is 2. The highest BCUT2D eigenvalue weighted by Gasteiger charge is 2.24. The first kappa shape index (κ1) is 14.1. The molecule has 96 valence electrons. The van der Waals surface area contributed by atoms with Crippen molar-refractivity contribution in [1.82, 2.24) is 9.97 Å². The molecule has 0 aliphatic rings. The minimum atomic E-state index is -0.478. The first-order valence-corrected chi connectivity index (χ1v) is 6.68. The Morgan fingerprint density at radius 1 is 1.35 bits per heavy atom. The van der Waals surface area contributed by atoms with E-state index in [0.717, 1.165) is 5.82 Å². The summed E-state index contributed by atoms with van der Waals surface area (Å²) in [5.41, 5.74) is -0.435. The predicted molar refractivity (Wildman–Crippen MR) is 72.7 cm³/mol. The molecule has 0 radical (unpaired) electrons. The molecule has 0 spiro atoms. The molecule has 0 amide bonds. The van der Waals surface area contributed by atoms with Crippen LogP contribution in [0, 0.1) is 0 Å². The maximum absolute atomic E-state index is 9.67. The molecule has 0 fully saturated rings. The van der Waals surface area contributed by atoms with Crippen molar-refractivity contribution in [3.05, 3.63) is 6.07 Å². The van der Waals surface area contributed by atoms with Crippen LogP contribution in [0.5, 0.6) is 0 Å². The van der Waals surface area contributed by atoms with Gasteiger partial charge in [-0.1, -0.05) is 11.8 Å². The average Bonchev–Trinajstić information content (AvgIpc) is 2.27. The zero-order valence-corrected chi connectivity index (χ0v) is 11.7. The summed E-state index contributed by atoms with van der Waals surface area (Å²) in [4.78, 5) is 8.64. The minimum absolute atomic E-state index is 0.435. The van der Waals surface area contributed by atoms with E-state index in [1.165, 1.54) is 11.8 Å². The lowest BCUT2D eigenvalue weighted by Gasteiger charge is -2.30. The van der Waals surface area contributed by atoms with Crippen molar-refractivity contribution in [1.29, 1.82) is 0 Å². The number of thioether (sulfide) groups is 1. The van der Waals surface area contributed by atoms with Gasteiger partial charge in [0.25, 0.3) is 0 Å². The molecule has 0 saturated heterocycles. The van der Waals surface area contributed by atoms with Gasteiger partial charge in [-0.3, -0.25) is 0 Å². The third-order valence-electron chi connectivity index (χ3n) is 2.64. The Morgan fingerprint density at radius 3 is 2.41 bits per heavy atom. The maximum Gasteiger partial charge on any atom is 0.191 e. The third kappa shape index (κ3) is 3.74. The summed E-state index contributed by atoms with van der Waals surface area (Å²) in [7, 11) is 1.82. The summed E-state index contributed by atoms with van der Waals surface area (Å²) >= 11 is 1.48. The van der Waals surface area contributed by atoms with Crippen LogP contribution >= 0.6 is 11.8 Å². The van der Waals surface area contributed by atoms with E-state index in [-0.39, 0.29) is 0 Å². The maximum atomic E-state index is 9.67. The molecular weight excluding hydrogens is 236 g/mol. The Kier molecular flexibility index (Phi) is 4.59. The summed E-state index contributed by atoms with van der Waals surface area (Å²) in [5, 5.41) is 16.6. The van der Waals surface area contributed by atoms with Gasteiger partial charge in [-0.2, -0.15) is 0 Å². The Labute approximate surface area is 106 Å². The standard InChI is InChI=1S/C11H20N4OS/c1-7(16)11(2,3)15-9-6-8(12-4)13-10(14-9)17-5/h6-7,16H,1-5H3,(H2,12,13,14,15). The molecule has 1 rings (SSSR count). The molecule has 1 atom stereocenters. The van der Waals surface area contributed by atoms with E-state index < -0.39 is 11.6 Å². The highest BCUT2D eigenvalue weighted by molar-refractivity contribution is 7.98. The Balaban J connectivity index is 2.98. The summed E-state index contributed by atoms with van der Waals surface area (Å²) in [5.74, 6) is 1.47. The van der Waals surface area contributed by atoms with Crippen LogP contribution in [0.2, 0.25) is 0 Å². The van der Waals surface area contributed by atoms with Gasteiger partial charge in [-0.05, 0) is 27.0 Å². The van der Waals surface area contributed by atoms with E-state index in [4.69, 9.17) is 0 Å². The van der Waals surface area contributed by atoms with Crippen LogP contribution in [0.3, 0.4) is 0 Å². The third-order valence-corrected chi connectivity index (χ3v) is 3.19. The second-order valence-electron chi connectivity index (χ2n) is 4.40. The molecule has 0 saturated carbocycles. The molecule has 0 aliphatic heterocycles. The monoisotopic (exact) mass is 256 g/mol. The zero-order chi connectivity index (χ0) is 13.1. The van der Waals surface area contributed by atoms with Crippen molar-refractivity contribution >= 4 is 23.4 Å². The fourth-order valence-electron chi connectivity index (χ4n) is 1.14. The van der Waals surface area contributed by atoms with E-state index in [1.807, 2.05) is 33.2 Å². The van der Waals surface area contributed by atoms with Crippen LogP contribution in [-0.4, -0.2) is 40.0 Å². The Hall–Kier alpha value is -1.01. The fraction of sp³-hybridized carbons (Fsp3) is 0.636. The number of nitrogens with zero attached hydrogens (tertiary/aromatic N) is 2. The van der Waals surface area contributed by atoms with Crippen molar-refractivity contribution in [2.24, 2.45) is 0 Å². The van der Waals surface area contributed by atoms with E-state index in [9.17, 15) is 5.11 Å². The van der Waals surface area contributed by atoms with Crippen molar-refractivity contribution in [3.8, 4) is 0 Å². The van der Waals surface area contributed by atoms with Gasteiger partial charge in [0, 0.05) is 13.1 Å². The van der Waals surface area contributed by atoms with Crippen LogP contribution in [0.1, 0.15) is 20.8 Å². The molecule has 3 N–H and O–H groups in total. The van der Waals surface area contributed by atoms with Crippen LogP contribution in [0.25, 0.3) is 0 Å². The lowest BCUT2D eigenvalue weighted by molar-refractivity contribution is 0.133. The molecule has 1 aromatic heterocycles. The van der Waals surface area contributed by atoms with Crippen LogP contribution in [0.15, 0.2) is 11.2 Å². The quantitative estimate of drug-likeness (QED) is 0.551. The van der Waals surface area contributed by atoms with Crippen LogP contribution < -0.4 is 10.6 Å². The molecule has 0 aromatic carbocycles. The number of aromatic nitrogens is 2. The fourth-order valence-corrected chi connectivity index (χ4v) is 1.52. The smallest absolute Gasteiger partial charge is 0.191 e. The van der Waals surface area contributed by atoms with Crippen molar-refractivity contribution in [2.45, 2.75) is 37.6 Å². The van der Waals surface area contributed by atoms with Gasteiger partial charge >= 0.3 is 0 Å². The van der Waals surface area contributed by atoms with E-state index >= 15 is 0 Å². The number of aliphatic hydroxyl groups is 1. The highest BCUT2D eigenvalue weighted by atomic mass is 32.2. The summed E-state index contributed by atoms with van der Waals surface area (Å²) in [6.45, 7) is 5.61. The lowest BCUT2D eigenvalue weighted by atomic mass is 9.99. The first-order chi connectivity index (χ1) is 7.89. The summed E-state index contributed by atoms with van der Waals surface area (Å²) < 4.78 is 0. The van der Waals surface area contributed by atoms with Gasteiger partial charge in [0.2, 0.25) is 0 Å². The molecular formula is C11H20N4OS. The Morgan fingerprint density at radius 2 is 1.94 bits per heavy atom. The SMILES string of the molecule is CNc1cc(NC(C)(C)C(C)O)nc(SC)n1. The second-order valence-corrected chi connectivity index (χ2v) is 5.17. The number of hydrogen-bond donors (Lipinski definition) is 3. The van der Waals surface area contributed by atoms with E-state index in [0.29, 0.717) is 11.0 Å². The molecule has 17 heavy (non-hydrogen) atoms. The second kappa shape index (κ2) is 5.55. The molecule has 0 aliphatic carbocycles. The van der Waals surface area contributed by atoms with Crippen LogP contribution in [-0.2, 0) is 0 Å². The topological polar surface area (TPSA) is 70.1 Å². The first-order valence-electron chi connectivity index (χ1n) is 5.46. The van der Waals surface area contributed by atoms with Gasteiger partial charge in [0.05, 0.1) is 11.6 Å². The molecule has 1 heterocycles. The molecule has 0 bridgehead atoms. The normalized spacial score (nSPS) is 13.3. The predicted octanol–water partition coefficient (Wildman–Crippen LogP) is 1.81. The largest absolute Gasteiger partial charge is 0.391 e. The zero-order valence-electron chi connectivity index (χ0n) is 10.9. The number of rotatable bonds is 5. The van der Waals surface area contributed by atoms with E-state index in [2.05, 4.69) is 20.6 Å². The average molecular weight is 256 g/mol. The highest BCUT2D eigenvalue weighted by Crippen LogP contribution is 2.21. The van der Waals surface area contributed by atoms with Gasteiger partial charge in [-0.15, -0.1) is 0 Å². The lowest BCUT2D eigenvalue weighted by Crippen LogP contribution is -2.42. The Bertz CT molecular complexity index is 359. The molecule has 1 unspecified atom stereocenters. The number of aliphatic hydroxyl groups excluding tert-OH is 1. The van der Waals surface area contributed by atoms with Crippen LogP contribution in [0.4, 0.5) is 11.6 Å². The van der Waals surface area contributed by atoms with Crippen molar-refractivity contribution < 1.29 is 5.11 Å². The van der Waals surface area contributed by atoms with Gasteiger partial charge in [0.1, 0.15) is 11.6 Å². The summed E-state index contributed by atoms with van der Waals surface area (Å²) in [6, 6.07) is 1.82.